The zero-order chi connectivity index (χ0) is 20.9. The van der Waals surface area contributed by atoms with Crippen molar-refractivity contribution in [3.8, 4) is 11.5 Å². The van der Waals surface area contributed by atoms with Gasteiger partial charge in [0.15, 0.2) is 11.5 Å². The van der Waals surface area contributed by atoms with Gasteiger partial charge in [0, 0.05) is 20.1 Å². The number of nitrogens with zero attached hydrogens (tertiary/aromatic N) is 2. The van der Waals surface area contributed by atoms with Crippen LogP contribution in [0.25, 0.3) is 0 Å². The molecule has 1 amide bonds. The van der Waals surface area contributed by atoms with E-state index in [1.54, 1.807) is 29.5 Å². The standard InChI is InChI=1S/C20H26N2O5S2/c1-21(29(24,25)20-8-5-13-28-20)15-19(23)22-11-9-16(14-22)10-12-27-18-7-4-3-6-17(18)26-2/h3-8,13,16H,9-12,14-15H2,1-2H3. The van der Waals surface area contributed by atoms with Crippen molar-refractivity contribution in [1.82, 2.24) is 9.21 Å². The lowest BCUT2D eigenvalue weighted by atomic mass is 10.1. The summed E-state index contributed by atoms with van der Waals surface area (Å²) in [5, 5.41) is 1.71. The molecule has 1 unspecified atom stereocenters. The molecule has 1 saturated heterocycles. The molecule has 0 spiro atoms. The highest BCUT2D eigenvalue weighted by molar-refractivity contribution is 7.91. The van der Waals surface area contributed by atoms with Crippen molar-refractivity contribution in [2.24, 2.45) is 5.92 Å². The summed E-state index contributed by atoms with van der Waals surface area (Å²) >= 11 is 1.15. The number of hydrogen-bond acceptors (Lipinski definition) is 6. The van der Waals surface area contributed by atoms with E-state index in [0.717, 1.165) is 28.5 Å². The molecule has 0 bridgehead atoms. The van der Waals surface area contributed by atoms with Crippen molar-refractivity contribution in [2.75, 3.05) is 40.4 Å². The molecule has 0 aliphatic carbocycles. The predicted octanol–water partition coefficient (Wildman–Crippen LogP) is 2.69. The van der Waals surface area contributed by atoms with E-state index in [4.69, 9.17) is 9.47 Å². The minimum atomic E-state index is -3.61. The Kier molecular flexibility index (Phi) is 7.15. The van der Waals surface area contributed by atoms with E-state index in [0.29, 0.717) is 37.1 Å². The number of hydrogen-bond donors (Lipinski definition) is 0. The van der Waals surface area contributed by atoms with E-state index in [-0.39, 0.29) is 16.7 Å². The van der Waals surface area contributed by atoms with Gasteiger partial charge in [0.2, 0.25) is 5.91 Å². The Morgan fingerprint density at radius 3 is 2.69 bits per heavy atom. The van der Waals surface area contributed by atoms with E-state index in [1.807, 2.05) is 24.3 Å². The number of carbonyl (C=O) groups is 1. The predicted molar refractivity (Wildman–Crippen MR) is 112 cm³/mol. The summed E-state index contributed by atoms with van der Waals surface area (Å²) < 4.78 is 37.4. The summed E-state index contributed by atoms with van der Waals surface area (Å²) in [5.41, 5.74) is 0. The molecule has 2 heterocycles. The molecular formula is C20H26N2O5S2. The Balaban J connectivity index is 1.46. The lowest BCUT2D eigenvalue weighted by Gasteiger charge is -2.21. The van der Waals surface area contributed by atoms with Crippen molar-refractivity contribution in [1.29, 1.82) is 0 Å². The highest BCUT2D eigenvalue weighted by atomic mass is 32.2. The van der Waals surface area contributed by atoms with E-state index in [1.165, 1.54) is 7.05 Å². The number of amides is 1. The van der Waals surface area contributed by atoms with Gasteiger partial charge >= 0.3 is 0 Å². The number of likely N-dealkylation sites (N-methyl/N-ethyl adjacent to an activating group) is 1. The van der Waals surface area contributed by atoms with Gasteiger partial charge in [-0.25, -0.2) is 8.42 Å². The van der Waals surface area contributed by atoms with Crippen molar-refractivity contribution in [2.45, 2.75) is 17.1 Å². The molecular weight excluding hydrogens is 412 g/mol. The molecule has 1 fully saturated rings. The minimum absolute atomic E-state index is 0.148. The maximum Gasteiger partial charge on any atom is 0.252 e. The smallest absolute Gasteiger partial charge is 0.252 e. The molecule has 1 aromatic carbocycles. The molecule has 7 nitrogen and oxygen atoms in total. The molecule has 2 aromatic rings. The maximum atomic E-state index is 12.6. The van der Waals surface area contributed by atoms with Crippen LogP contribution >= 0.6 is 11.3 Å². The molecule has 0 radical (unpaired) electrons. The molecule has 29 heavy (non-hydrogen) atoms. The Morgan fingerprint density at radius 1 is 1.24 bits per heavy atom. The normalized spacial score (nSPS) is 16.9. The first kappa shape index (κ1) is 21.6. The van der Waals surface area contributed by atoms with Crippen molar-refractivity contribution < 1.29 is 22.7 Å². The fraction of sp³-hybridized carbons (Fsp3) is 0.450. The number of carbonyl (C=O) groups excluding carboxylic acids is 1. The van der Waals surface area contributed by atoms with Crippen LogP contribution in [-0.2, 0) is 14.8 Å². The third kappa shape index (κ3) is 5.29. The average Bonchev–Trinajstić information content (AvgIpc) is 3.41. The van der Waals surface area contributed by atoms with Gasteiger partial charge in [0.05, 0.1) is 20.3 Å². The van der Waals surface area contributed by atoms with Crippen molar-refractivity contribution >= 4 is 27.3 Å². The van der Waals surface area contributed by atoms with Gasteiger partial charge in [-0.05, 0) is 42.3 Å². The number of thiophene rings is 1. The monoisotopic (exact) mass is 438 g/mol. The number of benzene rings is 1. The van der Waals surface area contributed by atoms with Crippen LogP contribution in [0.2, 0.25) is 0 Å². The minimum Gasteiger partial charge on any atom is -0.493 e. The molecule has 3 rings (SSSR count). The van der Waals surface area contributed by atoms with E-state index >= 15 is 0 Å². The summed E-state index contributed by atoms with van der Waals surface area (Å²) in [4.78, 5) is 14.3. The van der Waals surface area contributed by atoms with Crippen LogP contribution in [0.1, 0.15) is 12.8 Å². The lowest BCUT2D eigenvalue weighted by molar-refractivity contribution is -0.130. The summed E-state index contributed by atoms with van der Waals surface area (Å²) in [6, 6.07) is 10.7. The first-order valence-corrected chi connectivity index (χ1v) is 11.8. The largest absolute Gasteiger partial charge is 0.493 e. The number of methoxy groups -OCH3 is 1. The Morgan fingerprint density at radius 2 is 2.00 bits per heavy atom. The van der Waals surface area contributed by atoms with Gasteiger partial charge in [-0.3, -0.25) is 4.79 Å². The summed E-state index contributed by atoms with van der Waals surface area (Å²) in [7, 11) is -0.557. The third-order valence-corrected chi connectivity index (χ3v) is 8.19. The van der Waals surface area contributed by atoms with E-state index in [9.17, 15) is 13.2 Å². The fourth-order valence-corrected chi connectivity index (χ4v) is 5.63. The zero-order valence-corrected chi connectivity index (χ0v) is 18.2. The van der Waals surface area contributed by atoms with Gasteiger partial charge in [0.25, 0.3) is 10.0 Å². The summed E-state index contributed by atoms with van der Waals surface area (Å²) in [6.45, 7) is 1.66. The van der Waals surface area contributed by atoms with Crippen molar-refractivity contribution in [3.05, 3.63) is 41.8 Å². The second-order valence-corrected chi connectivity index (χ2v) is 10.2. The molecule has 1 aliphatic heterocycles. The first-order chi connectivity index (χ1) is 13.9. The van der Waals surface area contributed by atoms with Crippen LogP contribution in [0.4, 0.5) is 0 Å². The maximum absolute atomic E-state index is 12.6. The molecule has 1 atom stereocenters. The van der Waals surface area contributed by atoms with Gasteiger partial charge in [-0.15, -0.1) is 11.3 Å². The molecule has 0 saturated carbocycles. The van der Waals surface area contributed by atoms with Crippen LogP contribution in [0.15, 0.2) is 46.0 Å². The van der Waals surface area contributed by atoms with Gasteiger partial charge in [0.1, 0.15) is 4.21 Å². The van der Waals surface area contributed by atoms with Crippen molar-refractivity contribution in [3.63, 3.8) is 0 Å². The lowest BCUT2D eigenvalue weighted by Crippen LogP contribution is -2.40. The second-order valence-electron chi connectivity index (χ2n) is 6.98. The van der Waals surface area contributed by atoms with Crippen LogP contribution in [0.3, 0.4) is 0 Å². The van der Waals surface area contributed by atoms with Gasteiger partial charge in [-0.2, -0.15) is 4.31 Å². The summed E-state index contributed by atoms with van der Waals surface area (Å²) in [5.74, 6) is 1.58. The molecule has 0 N–H and O–H groups in total. The number of likely N-dealkylation sites (tertiary alicyclic amines) is 1. The van der Waals surface area contributed by atoms with Crippen LogP contribution < -0.4 is 9.47 Å². The zero-order valence-electron chi connectivity index (χ0n) is 16.6. The SMILES string of the molecule is COc1ccccc1OCCC1CCN(C(=O)CN(C)S(=O)(=O)c2cccs2)C1. The molecule has 9 heteroatoms. The highest BCUT2D eigenvalue weighted by Crippen LogP contribution is 2.27. The van der Waals surface area contributed by atoms with E-state index < -0.39 is 10.0 Å². The van der Waals surface area contributed by atoms with Crippen LogP contribution in [0.5, 0.6) is 11.5 Å². The third-order valence-electron chi connectivity index (χ3n) is 5.01. The van der Waals surface area contributed by atoms with Gasteiger partial charge in [-0.1, -0.05) is 18.2 Å². The van der Waals surface area contributed by atoms with Gasteiger partial charge < -0.3 is 14.4 Å². The molecule has 1 aromatic heterocycles. The topological polar surface area (TPSA) is 76.2 Å². The van der Waals surface area contributed by atoms with Crippen LogP contribution in [-0.4, -0.2) is 63.9 Å². The number of ether oxygens (including phenoxy) is 2. The van der Waals surface area contributed by atoms with E-state index in [2.05, 4.69) is 0 Å². The molecule has 158 valence electrons. The first-order valence-electron chi connectivity index (χ1n) is 9.45. The average molecular weight is 439 g/mol. The quantitative estimate of drug-likeness (QED) is 0.602. The molecule has 1 aliphatic rings. The Labute approximate surface area is 175 Å². The highest BCUT2D eigenvalue weighted by Gasteiger charge is 2.30. The van der Waals surface area contributed by atoms with Crippen LogP contribution in [0, 0.1) is 5.92 Å². The summed E-state index contributed by atoms with van der Waals surface area (Å²) in [6.07, 6.45) is 1.72. The second kappa shape index (κ2) is 9.60. The number of para-hydroxylation sites is 2. The fourth-order valence-electron chi connectivity index (χ4n) is 3.31. The Hall–Kier alpha value is -2.10. The Bertz CT molecular complexity index is 915. The number of rotatable bonds is 9. The number of sulfonamides is 1.